The maximum atomic E-state index is 11.6. The zero-order valence-corrected chi connectivity index (χ0v) is 16.7. The highest BCUT2D eigenvalue weighted by molar-refractivity contribution is 7.91. The standard InChI is InChI=1S/C16H29N3O5S2/c20-13-19(16-4-10-26(23,24)12-16)8-7-18-5-1-14(2-6-18)17-15-3-9-25(21,22)11-15/h13-17H,1-12H2/t15-,16-/m0/s1. The van der Waals surface area contributed by atoms with Crippen molar-refractivity contribution in [1.29, 1.82) is 0 Å². The Morgan fingerprint density at radius 2 is 1.58 bits per heavy atom. The topological polar surface area (TPSA) is 104 Å². The Hall–Kier alpha value is -0.710. The monoisotopic (exact) mass is 407 g/mol. The number of nitrogens with zero attached hydrogens (tertiary/aromatic N) is 2. The second-order valence-corrected chi connectivity index (χ2v) is 12.2. The molecule has 3 rings (SSSR count). The molecule has 0 spiro atoms. The molecular formula is C16H29N3O5S2. The fraction of sp³-hybridized carbons (Fsp3) is 0.938. The molecule has 3 aliphatic rings. The molecule has 0 bridgehead atoms. The van der Waals surface area contributed by atoms with E-state index in [4.69, 9.17) is 0 Å². The zero-order chi connectivity index (χ0) is 18.8. The van der Waals surface area contributed by atoms with Crippen molar-refractivity contribution in [1.82, 2.24) is 15.1 Å². The third kappa shape index (κ3) is 5.40. The number of amides is 1. The van der Waals surface area contributed by atoms with Gasteiger partial charge in [-0.3, -0.25) is 4.79 Å². The van der Waals surface area contributed by atoms with E-state index in [1.807, 2.05) is 0 Å². The number of nitrogens with one attached hydrogen (secondary N) is 1. The van der Waals surface area contributed by atoms with E-state index in [0.29, 0.717) is 31.2 Å². The van der Waals surface area contributed by atoms with Gasteiger partial charge in [-0.1, -0.05) is 0 Å². The lowest BCUT2D eigenvalue weighted by Gasteiger charge is -2.35. The van der Waals surface area contributed by atoms with E-state index >= 15 is 0 Å². The molecule has 1 amide bonds. The van der Waals surface area contributed by atoms with Crippen LogP contribution in [-0.2, 0) is 24.5 Å². The first-order valence-corrected chi connectivity index (χ1v) is 13.0. The zero-order valence-electron chi connectivity index (χ0n) is 15.0. The van der Waals surface area contributed by atoms with Crippen LogP contribution in [0.4, 0.5) is 0 Å². The van der Waals surface area contributed by atoms with E-state index in [1.54, 1.807) is 4.90 Å². The van der Waals surface area contributed by atoms with E-state index < -0.39 is 19.7 Å². The molecule has 150 valence electrons. The minimum atomic E-state index is -2.99. The maximum Gasteiger partial charge on any atom is 0.210 e. The molecule has 1 N–H and O–H groups in total. The average molecular weight is 408 g/mol. The Bertz CT molecular complexity index is 701. The minimum Gasteiger partial charge on any atom is -0.340 e. The third-order valence-corrected chi connectivity index (χ3v) is 9.30. The van der Waals surface area contributed by atoms with Crippen molar-refractivity contribution in [2.45, 2.75) is 43.8 Å². The van der Waals surface area contributed by atoms with Crippen LogP contribution in [-0.4, -0.2) is 100 Å². The Kier molecular flexibility index (Phi) is 6.25. The molecule has 26 heavy (non-hydrogen) atoms. The van der Waals surface area contributed by atoms with E-state index in [9.17, 15) is 21.6 Å². The van der Waals surface area contributed by atoms with Gasteiger partial charge in [0.15, 0.2) is 19.7 Å². The van der Waals surface area contributed by atoms with E-state index in [1.165, 1.54) is 0 Å². The summed E-state index contributed by atoms with van der Waals surface area (Å²) in [4.78, 5) is 15.3. The first kappa shape index (κ1) is 20.0. The minimum absolute atomic E-state index is 0.0853. The second-order valence-electron chi connectivity index (χ2n) is 7.78. The summed E-state index contributed by atoms with van der Waals surface area (Å²) >= 11 is 0. The molecule has 0 aromatic heterocycles. The normalized spacial score (nSPS) is 31.8. The van der Waals surface area contributed by atoms with Crippen molar-refractivity contribution in [3.05, 3.63) is 0 Å². The first-order chi connectivity index (χ1) is 12.3. The SMILES string of the molecule is O=CN(CCN1CCC(N[C@H]2CCS(=O)(=O)C2)CC1)[C@H]1CCS(=O)(=O)C1. The van der Waals surface area contributed by atoms with Crippen LogP contribution in [0.3, 0.4) is 0 Å². The fourth-order valence-electron chi connectivity index (χ4n) is 4.20. The highest BCUT2D eigenvalue weighted by Crippen LogP contribution is 2.18. The lowest BCUT2D eigenvalue weighted by molar-refractivity contribution is -0.120. The average Bonchev–Trinajstić information content (AvgIpc) is 3.11. The summed E-state index contributed by atoms with van der Waals surface area (Å²) in [5, 5.41) is 3.48. The van der Waals surface area contributed by atoms with Gasteiger partial charge in [0.05, 0.1) is 23.0 Å². The van der Waals surface area contributed by atoms with Crippen LogP contribution >= 0.6 is 0 Å². The Morgan fingerprint density at radius 3 is 2.12 bits per heavy atom. The summed E-state index contributed by atoms with van der Waals surface area (Å²) in [6.07, 6.45) is 3.96. The molecule has 0 radical (unpaired) electrons. The van der Waals surface area contributed by atoms with Crippen LogP contribution in [0, 0.1) is 0 Å². The van der Waals surface area contributed by atoms with Gasteiger partial charge in [0, 0.05) is 31.2 Å². The molecule has 0 aromatic rings. The van der Waals surface area contributed by atoms with E-state index in [0.717, 1.165) is 38.9 Å². The molecule has 10 heteroatoms. The Balaban J connectivity index is 1.38. The maximum absolute atomic E-state index is 11.6. The summed E-state index contributed by atoms with van der Waals surface area (Å²) < 4.78 is 46.3. The molecule has 3 saturated heterocycles. The van der Waals surface area contributed by atoms with Crippen LogP contribution < -0.4 is 5.32 Å². The van der Waals surface area contributed by atoms with Gasteiger partial charge in [0.2, 0.25) is 6.41 Å². The van der Waals surface area contributed by atoms with Crippen molar-refractivity contribution >= 4 is 26.1 Å². The summed E-state index contributed by atoms with van der Waals surface area (Å²) in [5.74, 6) is 0.811. The van der Waals surface area contributed by atoms with Crippen LogP contribution in [0.1, 0.15) is 25.7 Å². The lowest BCUT2D eigenvalue weighted by Crippen LogP contribution is -2.48. The van der Waals surface area contributed by atoms with Gasteiger partial charge < -0.3 is 15.1 Å². The van der Waals surface area contributed by atoms with Gasteiger partial charge in [-0.25, -0.2) is 16.8 Å². The highest BCUT2D eigenvalue weighted by Gasteiger charge is 2.33. The van der Waals surface area contributed by atoms with Gasteiger partial charge in [-0.2, -0.15) is 0 Å². The van der Waals surface area contributed by atoms with E-state index in [2.05, 4.69) is 10.2 Å². The van der Waals surface area contributed by atoms with Crippen molar-refractivity contribution < 1.29 is 21.6 Å². The molecule has 3 fully saturated rings. The van der Waals surface area contributed by atoms with Crippen molar-refractivity contribution in [2.24, 2.45) is 0 Å². The van der Waals surface area contributed by atoms with Gasteiger partial charge in [0.1, 0.15) is 0 Å². The van der Waals surface area contributed by atoms with Crippen molar-refractivity contribution in [3.63, 3.8) is 0 Å². The summed E-state index contributed by atoms with van der Waals surface area (Å²) in [6.45, 7) is 3.13. The van der Waals surface area contributed by atoms with Crippen LogP contribution in [0.5, 0.6) is 0 Å². The number of sulfone groups is 2. The van der Waals surface area contributed by atoms with Crippen molar-refractivity contribution in [2.75, 3.05) is 49.2 Å². The smallest absolute Gasteiger partial charge is 0.210 e. The van der Waals surface area contributed by atoms with Gasteiger partial charge in [-0.05, 0) is 38.8 Å². The van der Waals surface area contributed by atoms with Crippen LogP contribution in [0.25, 0.3) is 0 Å². The summed E-state index contributed by atoms with van der Waals surface area (Å²) in [7, 11) is -5.84. The molecule has 2 atom stereocenters. The Labute approximate surface area is 156 Å². The predicted octanol–water partition coefficient (Wildman–Crippen LogP) is -1.13. The molecule has 0 saturated carbocycles. The number of rotatable bonds is 7. The summed E-state index contributed by atoms with van der Waals surface area (Å²) in [6, 6.07) is 0.263. The van der Waals surface area contributed by atoms with E-state index in [-0.39, 0.29) is 29.3 Å². The lowest BCUT2D eigenvalue weighted by atomic mass is 10.0. The molecule has 0 unspecified atom stereocenters. The third-order valence-electron chi connectivity index (χ3n) is 5.78. The molecule has 0 aromatic carbocycles. The highest BCUT2D eigenvalue weighted by atomic mass is 32.2. The Morgan fingerprint density at radius 1 is 0.923 bits per heavy atom. The van der Waals surface area contributed by atoms with Gasteiger partial charge in [0.25, 0.3) is 0 Å². The molecule has 8 nitrogen and oxygen atoms in total. The number of hydrogen-bond donors (Lipinski definition) is 1. The number of likely N-dealkylation sites (tertiary alicyclic amines) is 1. The van der Waals surface area contributed by atoms with Crippen LogP contribution in [0.15, 0.2) is 0 Å². The van der Waals surface area contributed by atoms with Crippen LogP contribution in [0.2, 0.25) is 0 Å². The van der Waals surface area contributed by atoms with Crippen molar-refractivity contribution in [3.8, 4) is 0 Å². The number of carbonyl (C=O) groups excluding carboxylic acids is 1. The largest absolute Gasteiger partial charge is 0.340 e. The molecule has 3 aliphatic heterocycles. The number of piperidine rings is 1. The predicted molar refractivity (Wildman–Crippen MR) is 99.5 cm³/mol. The second kappa shape index (κ2) is 8.12. The summed E-state index contributed by atoms with van der Waals surface area (Å²) in [5.41, 5.74) is 0. The number of carbonyl (C=O) groups is 1. The molecular weight excluding hydrogens is 378 g/mol. The quantitative estimate of drug-likeness (QED) is 0.533. The van der Waals surface area contributed by atoms with Gasteiger partial charge >= 0.3 is 0 Å². The number of hydrogen-bond acceptors (Lipinski definition) is 7. The molecule has 0 aliphatic carbocycles. The fourth-order valence-corrected chi connectivity index (χ4v) is 7.63. The van der Waals surface area contributed by atoms with Gasteiger partial charge in [-0.15, -0.1) is 0 Å². The molecule has 3 heterocycles. The first-order valence-electron chi connectivity index (χ1n) is 9.37.